The van der Waals surface area contributed by atoms with Gasteiger partial charge in [0, 0.05) is 45.0 Å². The van der Waals surface area contributed by atoms with Gasteiger partial charge < -0.3 is 16.0 Å². The average Bonchev–Trinajstić information content (AvgIpc) is 2.48. The van der Waals surface area contributed by atoms with Crippen molar-refractivity contribution in [1.82, 2.24) is 15.2 Å². The van der Waals surface area contributed by atoms with Crippen LogP contribution in [0.1, 0.15) is 6.92 Å². The molecule has 22 heavy (non-hydrogen) atoms. The molecule has 126 valence electrons. The van der Waals surface area contributed by atoms with Crippen molar-refractivity contribution >= 4 is 36.5 Å². The first-order valence-electron chi connectivity index (χ1n) is 7.07. The third-order valence-electron chi connectivity index (χ3n) is 3.47. The smallest absolute Gasteiger partial charge is 0.234 e. The van der Waals surface area contributed by atoms with Crippen LogP contribution in [0.5, 0.6) is 0 Å². The second kappa shape index (κ2) is 10.6. The van der Waals surface area contributed by atoms with Gasteiger partial charge in [0.05, 0.1) is 6.54 Å². The Kier molecular flexibility index (Phi) is 10.1. The molecule has 0 spiro atoms. The number of piperazine rings is 1. The van der Waals surface area contributed by atoms with E-state index in [-0.39, 0.29) is 36.8 Å². The Morgan fingerprint density at radius 3 is 2.55 bits per heavy atom. The summed E-state index contributed by atoms with van der Waals surface area (Å²) in [6.07, 6.45) is 1.81. The minimum Gasteiger partial charge on any atom is -0.354 e. The number of rotatable bonds is 5. The van der Waals surface area contributed by atoms with E-state index < -0.39 is 0 Å². The molecular weight excluding hydrogens is 325 g/mol. The second-order valence-corrected chi connectivity index (χ2v) is 5.16. The number of pyridine rings is 1. The lowest BCUT2D eigenvalue weighted by Crippen LogP contribution is -2.51. The van der Waals surface area contributed by atoms with Crippen molar-refractivity contribution in [3.8, 4) is 0 Å². The molecule has 1 aliphatic rings. The number of nitrogens with one attached hydrogen (secondary N) is 1. The highest BCUT2D eigenvalue weighted by Crippen LogP contribution is 2.12. The Labute approximate surface area is 144 Å². The maximum Gasteiger partial charge on any atom is 0.234 e. The molecule has 1 fully saturated rings. The monoisotopic (exact) mass is 349 g/mol. The molecule has 3 N–H and O–H groups in total. The van der Waals surface area contributed by atoms with E-state index in [1.807, 2.05) is 31.3 Å². The van der Waals surface area contributed by atoms with E-state index in [2.05, 4.69) is 20.1 Å². The molecule has 1 aliphatic heterocycles. The highest BCUT2D eigenvalue weighted by molar-refractivity contribution is 5.85. The summed E-state index contributed by atoms with van der Waals surface area (Å²) in [5.74, 6) is 1.06. The van der Waals surface area contributed by atoms with Crippen molar-refractivity contribution < 1.29 is 4.79 Å². The molecular formula is C14H25Cl2N5O. The van der Waals surface area contributed by atoms with Gasteiger partial charge in [0.1, 0.15) is 5.82 Å². The summed E-state index contributed by atoms with van der Waals surface area (Å²) in [5, 5.41) is 2.89. The predicted octanol–water partition coefficient (Wildman–Crippen LogP) is 0.511. The van der Waals surface area contributed by atoms with Gasteiger partial charge in [-0.2, -0.15) is 0 Å². The Morgan fingerprint density at radius 1 is 1.32 bits per heavy atom. The second-order valence-electron chi connectivity index (χ2n) is 5.16. The summed E-state index contributed by atoms with van der Waals surface area (Å²) in [6, 6.07) is 5.97. The van der Waals surface area contributed by atoms with Crippen molar-refractivity contribution in [3.05, 3.63) is 24.4 Å². The Balaban J connectivity index is 0.00000220. The summed E-state index contributed by atoms with van der Waals surface area (Å²) in [6.45, 7) is 6.38. The van der Waals surface area contributed by atoms with Crippen LogP contribution in [0.15, 0.2) is 24.4 Å². The predicted molar refractivity (Wildman–Crippen MR) is 94.0 cm³/mol. The van der Waals surface area contributed by atoms with Crippen molar-refractivity contribution in [3.63, 3.8) is 0 Å². The topological polar surface area (TPSA) is 74.5 Å². The molecule has 1 amide bonds. The third kappa shape index (κ3) is 6.36. The number of aromatic nitrogens is 1. The number of hydrogen-bond donors (Lipinski definition) is 2. The number of halogens is 2. The lowest BCUT2D eigenvalue weighted by molar-refractivity contribution is -0.122. The van der Waals surface area contributed by atoms with Crippen LogP contribution >= 0.6 is 24.8 Å². The number of anilines is 1. The summed E-state index contributed by atoms with van der Waals surface area (Å²) >= 11 is 0. The van der Waals surface area contributed by atoms with Crippen LogP contribution in [0, 0.1) is 0 Å². The summed E-state index contributed by atoms with van der Waals surface area (Å²) < 4.78 is 0. The van der Waals surface area contributed by atoms with Crippen LogP contribution in [0.2, 0.25) is 0 Å². The van der Waals surface area contributed by atoms with Crippen molar-refractivity contribution in [1.29, 1.82) is 0 Å². The number of carbonyl (C=O) groups is 1. The molecule has 1 saturated heterocycles. The maximum absolute atomic E-state index is 11.8. The van der Waals surface area contributed by atoms with Crippen LogP contribution in [-0.2, 0) is 4.79 Å². The van der Waals surface area contributed by atoms with Gasteiger partial charge in [0.15, 0.2) is 0 Å². The summed E-state index contributed by atoms with van der Waals surface area (Å²) in [4.78, 5) is 20.6. The average molecular weight is 350 g/mol. The standard InChI is InChI=1S/C14H23N5O.2ClH/c1-12(10-15)17-14(20)11-18-6-8-19(9-7-18)13-4-2-3-5-16-13;;/h2-5,12H,6-11,15H2,1H3,(H,17,20);2*1H/t12-;;/m0../s1. The van der Waals surface area contributed by atoms with Gasteiger partial charge in [-0.3, -0.25) is 9.69 Å². The van der Waals surface area contributed by atoms with Gasteiger partial charge in [-0.05, 0) is 19.1 Å². The van der Waals surface area contributed by atoms with Crippen molar-refractivity contribution in [2.75, 3.05) is 44.2 Å². The van der Waals surface area contributed by atoms with Gasteiger partial charge >= 0.3 is 0 Å². The molecule has 0 unspecified atom stereocenters. The van der Waals surface area contributed by atoms with Gasteiger partial charge in [-0.1, -0.05) is 6.07 Å². The molecule has 0 aliphatic carbocycles. The fourth-order valence-electron chi connectivity index (χ4n) is 2.26. The lowest BCUT2D eigenvalue weighted by Gasteiger charge is -2.35. The minimum atomic E-state index is 0. The molecule has 1 aromatic rings. The van der Waals surface area contributed by atoms with E-state index in [4.69, 9.17) is 5.73 Å². The van der Waals surface area contributed by atoms with Crippen LogP contribution in [-0.4, -0.2) is 61.1 Å². The summed E-state index contributed by atoms with van der Waals surface area (Å²) in [5.41, 5.74) is 5.49. The van der Waals surface area contributed by atoms with E-state index in [0.717, 1.165) is 32.0 Å². The largest absolute Gasteiger partial charge is 0.354 e. The maximum atomic E-state index is 11.8. The van der Waals surface area contributed by atoms with E-state index in [1.165, 1.54) is 0 Å². The molecule has 0 aromatic carbocycles. The number of amides is 1. The van der Waals surface area contributed by atoms with Crippen LogP contribution in [0.3, 0.4) is 0 Å². The van der Waals surface area contributed by atoms with Crippen molar-refractivity contribution in [2.45, 2.75) is 13.0 Å². The molecule has 8 heteroatoms. The molecule has 1 atom stereocenters. The SMILES string of the molecule is C[C@@H](CN)NC(=O)CN1CCN(c2ccccn2)CC1.Cl.Cl. The normalized spacial score (nSPS) is 16.2. The van der Waals surface area contributed by atoms with Crippen molar-refractivity contribution in [2.24, 2.45) is 5.73 Å². The zero-order chi connectivity index (χ0) is 14.4. The van der Waals surface area contributed by atoms with Crippen LogP contribution in [0.4, 0.5) is 5.82 Å². The fourth-order valence-corrected chi connectivity index (χ4v) is 2.26. The van der Waals surface area contributed by atoms with E-state index in [9.17, 15) is 4.79 Å². The van der Waals surface area contributed by atoms with E-state index in [0.29, 0.717) is 13.1 Å². The number of nitrogens with zero attached hydrogens (tertiary/aromatic N) is 3. The fraction of sp³-hybridized carbons (Fsp3) is 0.571. The zero-order valence-corrected chi connectivity index (χ0v) is 14.4. The molecule has 0 radical (unpaired) electrons. The van der Waals surface area contributed by atoms with Crippen LogP contribution < -0.4 is 16.0 Å². The number of nitrogens with two attached hydrogens (primary N) is 1. The van der Waals surface area contributed by atoms with Gasteiger partial charge in [-0.25, -0.2) is 4.98 Å². The summed E-state index contributed by atoms with van der Waals surface area (Å²) in [7, 11) is 0. The highest BCUT2D eigenvalue weighted by Gasteiger charge is 2.19. The molecule has 2 rings (SSSR count). The van der Waals surface area contributed by atoms with E-state index in [1.54, 1.807) is 0 Å². The third-order valence-corrected chi connectivity index (χ3v) is 3.47. The van der Waals surface area contributed by atoms with Gasteiger partial charge in [-0.15, -0.1) is 24.8 Å². The number of hydrogen-bond acceptors (Lipinski definition) is 5. The molecule has 0 bridgehead atoms. The lowest BCUT2D eigenvalue weighted by atomic mass is 10.3. The first-order chi connectivity index (χ1) is 9.69. The number of carbonyl (C=O) groups excluding carboxylic acids is 1. The van der Waals surface area contributed by atoms with E-state index >= 15 is 0 Å². The highest BCUT2D eigenvalue weighted by atomic mass is 35.5. The van der Waals surface area contributed by atoms with Crippen LogP contribution in [0.25, 0.3) is 0 Å². The zero-order valence-electron chi connectivity index (χ0n) is 12.8. The molecule has 6 nitrogen and oxygen atoms in total. The Hall–Kier alpha value is -1.08. The van der Waals surface area contributed by atoms with Gasteiger partial charge in [0.25, 0.3) is 0 Å². The molecule has 0 saturated carbocycles. The first-order valence-corrected chi connectivity index (χ1v) is 7.07. The quantitative estimate of drug-likeness (QED) is 0.810. The van der Waals surface area contributed by atoms with Gasteiger partial charge in [0.2, 0.25) is 5.91 Å². The molecule has 2 heterocycles. The Bertz CT molecular complexity index is 427. The molecule has 1 aromatic heterocycles. The Morgan fingerprint density at radius 2 is 2.00 bits per heavy atom. The first kappa shape index (κ1) is 20.9. The minimum absolute atomic E-state index is 0.